The predicted octanol–water partition coefficient (Wildman–Crippen LogP) is 5.45. The summed E-state index contributed by atoms with van der Waals surface area (Å²) in [5, 5.41) is 2.12. The van der Waals surface area contributed by atoms with Gasteiger partial charge in [0.2, 0.25) is 0 Å². The number of anilines is 1. The molecule has 8 heteroatoms. The van der Waals surface area contributed by atoms with E-state index in [0.717, 1.165) is 17.7 Å². The molecule has 0 saturated heterocycles. The summed E-state index contributed by atoms with van der Waals surface area (Å²) in [6.07, 6.45) is -4.63. The topological polar surface area (TPSA) is 38.3 Å². The lowest BCUT2D eigenvalue weighted by molar-refractivity contribution is -0.137. The van der Waals surface area contributed by atoms with Gasteiger partial charge in [0.1, 0.15) is 5.75 Å². The maximum absolute atomic E-state index is 13.0. The van der Waals surface area contributed by atoms with Crippen molar-refractivity contribution in [3.63, 3.8) is 0 Å². The third kappa shape index (κ3) is 4.88. The van der Waals surface area contributed by atoms with Gasteiger partial charge in [-0.15, -0.1) is 0 Å². The smallest absolute Gasteiger partial charge is 0.418 e. The number of carbonyl (C=O) groups is 1. The Morgan fingerprint density at radius 2 is 1.96 bits per heavy atom. The molecule has 0 heterocycles. The number of nitrogens with one attached hydrogen (secondary N) is 1. The first-order valence-electron chi connectivity index (χ1n) is 6.72. The van der Waals surface area contributed by atoms with Crippen LogP contribution in [0.3, 0.4) is 0 Å². The van der Waals surface area contributed by atoms with Crippen molar-refractivity contribution in [2.24, 2.45) is 0 Å². The van der Waals surface area contributed by atoms with Gasteiger partial charge in [0.25, 0.3) is 5.91 Å². The van der Waals surface area contributed by atoms with Crippen LogP contribution < -0.4 is 10.1 Å². The van der Waals surface area contributed by atoms with Crippen LogP contribution in [-0.2, 0) is 11.0 Å². The fourth-order valence-corrected chi connectivity index (χ4v) is 2.69. The summed E-state index contributed by atoms with van der Waals surface area (Å²) >= 11 is 8.88. The number of halogens is 5. The summed E-state index contributed by atoms with van der Waals surface area (Å²) in [6.45, 7) is 1.46. The number of ether oxygens (including phenoxy) is 1. The van der Waals surface area contributed by atoms with Crippen molar-refractivity contribution < 1.29 is 22.7 Å². The molecule has 2 rings (SSSR count). The molecule has 0 fully saturated rings. The van der Waals surface area contributed by atoms with E-state index in [0.29, 0.717) is 10.2 Å². The van der Waals surface area contributed by atoms with Crippen LogP contribution in [0.25, 0.3) is 0 Å². The lowest BCUT2D eigenvalue weighted by Crippen LogP contribution is -2.22. The number of aryl methyl sites for hydroxylation is 1. The monoisotopic (exact) mass is 421 g/mol. The number of amides is 1. The molecule has 128 valence electrons. The summed E-state index contributed by atoms with van der Waals surface area (Å²) in [4.78, 5) is 11.9. The summed E-state index contributed by atoms with van der Waals surface area (Å²) in [5.74, 6) is -0.293. The Morgan fingerprint density at radius 3 is 2.58 bits per heavy atom. The Kier molecular flexibility index (Phi) is 5.77. The SMILES string of the molecule is Cc1ccc(OCC(=O)Nc2ccc(Cl)cc2C(F)(F)F)c(Br)c1. The van der Waals surface area contributed by atoms with E-state index < -0.39 is 24.3 Å². The summed E-state index contributed by atoms with van der Waals surface area (Å²) in [5.41, 5.74) is -0.391. The van der Waals surface area contributed by atoms with Crippen molar-refractivity contribution in [1.29, 1.82) is 0 Å². The van der Waals surface area contributed by atoms with Crippen molar-refractivity contribution in [3.8, 4) is 5.75 Å². The van der Waals surface area contributed by atoms with Crippen LogP contribution in [0.1, 0.15) is 11.1 Å². The Bertz CT molecular complexity index is 765. The van der Waals surface area contributed by atoms with Gasteiger partial charge in [-0.05, 0) is 58.7 Å². The average Bonchev–Trinajstić information content (AvgIpc) is 2.47. The van der Waals surface area contributed by atoms with Crippen LogP contribution in [0, 0.1) is 6.92 Å². The highest BCUT2D eigenvalue weighted by Gasteiger charge is 2.34. The molecule has 3 nitrogen and oxygen atoms in total. The number of hydrogen-bond donors (Lipinski definition) is 1. The predicted molar refractivity (Wildman–Crippen MR) is 89.5 cm³/mol. The molecule has 0 aliphatic rings. The molecular weight excluding hydrogens is 411 g/mol. The number of hydrogen-bond acceptors (Lipinski definition) is 2. The van der Waals surface area contributed by atoms with Gasteiger partial charge < -0.3 is 10.1 Å². The summed E-state index contributed by atoms with van der Waals surface area (Å²) in [6, 6.07) is 8.38. The molecule has 0 atom stereocenters. The van der Waals surface area contributed by atoms with Gasteiger partial charge in [-0.25, -0.2) is 0 Å². The standard InChI is InChI=1S/C16H12BrClF3NO2/c1-9-2-5-14(12(17)6-9)24-8-15(23)22-13-4-3-10(18)7-11(13)16(19,20)21/h2-7H,8H2,1H3,(H,22,23). The van der Waals surface area contributed by atoms with E-state index in [-0.39, 0.29) is 10.7 Å². The molecule has 0 unspecified atom stereocenters. The molecule has 0 aromatic heterocycles. The molecule has 0 bridgehead atoms. The van der Waals surface area contributed by atoms with Crippen molar-refractivity contribution in [1.82, 2.24) is 0 Å². The van der Waals surface area contributed by atoms with Crippen molar-refractivity contribution in [2.45, 2.75) is 13.1 Å². The third-order valence-corrected chi connectivity index (χ3v) is 3.86. The van der Waals surface area contributed by atoms with E-state index in [1.807, 2.05) is 6.92 Å². The molecule has 0 spiro atoms. The minimum Gasteiger partial charge on any atom is -0.483 e. The van der Waals surface area contributed by atoms with Crippen LogP contribution in [0.2, 0.25) is 5.02 Å². The Balaban J connectivity index is 2.08. The Hall–Kier alpha value is -1.73. The van der Waals surface area contributed by atoms with Gasteiger partial charge in [0, 0.05) is 5.02 Å². The van der Waals surface area contributed by atoms with E-state index in [2.05, 4.69) is 21.2 Å². The first-order chi connectivity index (χ1) is 11.2. The molecule has 24 heavy (non-hydrogen) atoms. The highest BCUT2D eigenvalue weighted by Crippen LogP contribution is 2.36. The Morgan fingerprint density at radius 1 is 1.25 bits per heavy atom. The molecule has 1 amide bonds. The van der Waals surface area contributed by atoms with E-state index in [9.17, 15) is 18.0 Å². The quantitative estimate of drug-likeness (QED) is 0.712. The minimum absolute atomic E-state index is 0.0693. The second-order valence-corrected chi connectivity index (χ2v) is 6.25. The zero-order valence-corrected chi connectivity index (χ0v) is 14.7. The van der Waals surface area contributed by atoms with Crippen molar-refractivity contribution in [2.75, 3.05) is 11.9 Å². The lowest BCUT2D eigenvalue weighted by Gasteiger charge is -2.14. The molecule has 2 aromatic rings. The largest absolute Gasteiger partial charge is 0.483 e. The van der Waals surface area contributed by atoms with Crippen LogP contribution in [0.5, 0.6) is 5.75 Å². The van der Waals surface area contributed by atoms with Gasteiger partial charge in [-0.2, -0.15) is 13.2 Å². The highest BCUT2D eigenvalue weighted by atomic mass is 79.9. The second kappa shape index (κ2) is 7.44. The normalized spacial score (nSPS) is 11.2. The van der Waals surface area contributed by atoms with E-state index >= 15 is 0 Å². The molecule has 0 radical (unpaired) electrons. The molecule has 0 saturated carbocycles. The third-order valence-electron chi connectivity index (χ3n) is 3.01. The van der Waals surface area contributed by atoms with Crippen molar-refractivity contribution >= 4 is 39.1 Å². The van der Waals surface area contributed by atoms with Crippen LogP contribution in [-0.4, -0.2) is 12.5 Å². The fourth-order valence-electron chi connectivity index (χ4n) is 1.91. The van der Waals surface area contributed by atoms with Crippen LogP contribution in [0.15, 0.2) is 40.9 Å². The summed E-state index contributed by atoms with van der Waals surface area (Å²) < 4.78 is 44.9. The average molecular weight is 423 g/mol. The number of benzene rings is 2. The maximum Gasteiger partial charge on any atom is 0.418 e. The second-order valence-electron chi connectivity index (χ2n) is 4.96. The van der Waals surface area contributed by atoms with Gasteiger partial charge in [0.05, 0.1) is 15.7 Å². The highest BCUT2D eigenvalue weighted by molar-refractivity contribution is 9.10. The van der Waals surface area contributed by atoms with E-state index in [4.69, 9.17) is 16.3 Å². The van der Waals surface area contributed by atoms with Gasteiger partial charge >= 0.3 is 6.18 Å². The lowest BCUT2D eigenvalue weighted by atomic mass is 10.1. The molecule has 0 aliphatic heterocycles. The number of alkyl halides is 3. The van der Waals surface area contributed by atoms with Gasteiger partial charge in [-0.3, -0.25) is 4.79 Å². The van der Waals surface area contributed by atoms with E-state index in [1.54, 1.807) is 18.2 Å². The molecular formula is C16H12BrClF3NO2. The molecule has 2 aromatic carbocycles. The minimum atomic E-state index is -4.63. The van der Waals surface area contributed by atoms with Crippen LogP contribution >= 0.6 is 27.5 Å². The molecule has 1 N–H and O–H groups in total. The van der Waals surface area contributed by atoms with E-state index in [1.165, 1.54) is 6.07 Å². The Labute approximate surface area is 149 Å². The first kappa shape index (κ1) is 18.6. The van der Waals surface area contributed by atoms with Gasteiger partial charge in [0.15, 0.2) is 6.61 Å². The zero-order chi connectivity index (χ0) is 17.9. The van der Waals surface area contributed by atoms with Crippen LogP contribution in [0.4, 0.5) is 18.9 Å². The maximum atomic E-state index is 13.0. The fraction of sp³-hybridized carbons (Fsp3) is 0.188. The van der Waals surface area contributed by atoms with Gasteiger partial charge in [-0.1, -0.05) is 17.7 Å². The zero-order valence-electron chi connectivity index (χ0n) is 12.4. The summed E-state index contributed by atoms with van der Waals surface area (Å²) in [7, 11) is 0. The number of carbonyl (C=O) groups excluding carboxylic acids is 1. The number of rotatable bonds is 4. The molecule has 0 aliphatic carbocycles. The first-order valence-corrected chi connectivity index (χ1v) is 7.89. The van der Waals surface area contributed by atoms with Crippen molar-refractivity contribution in [3.05, 3.63) is 57.0 Å².